The van der Waals surface area contributed by atoms with Gasteiger partial charge in [0.25, 0.3) is 0 Å². The van der Waals surface area contributed by atoms with Crippen LogP contribution in [-0.2, 0) is 11.0 Å². The topological polar surface area (TPSA) is 101 Å². The molecule has 0 saturated carbocycles. The number of rotatable bonds is 4. The molecule has 21 heavy (non-hydrogen) atoms. The minimum atomic E-state index is -4.69. The SMILES string of the molecule is O=C(O)CNc1nc(-c2cnccn2)cc(C(F)(F)F)n1. The lowest BCUT2D eigenvalue weighted by Crippen LogP contribution is -2.17. The zero-order valence-electron chi connectivity index (χ0n) is 10.3. The molecule has 0 atom stereocenters. The highest BCUT2D eigenvalue weighted by molar-refractivity contribution is 5.72. The lowest BCUT2D eigenvalue weighted by atomic mass is 10.2. The first kappa shape index (κ1) is 14.6. The molecule has 0 aliphatic carbocycles. The van der Waals surface area contributed by atoms with Gasteiger partial charge in [0.1, 0.15) is 12.2 Å². The summed E-state index contributed by atoms with van der Waals surface area (Å²) in [6.45, 7) is -0.610. The fraction of sp³-hybridized carbons (Fsp3) is 0.182. The van der Waals surface area contributed by atoms with Crippen LogP contribution in [0.15, 0.2) is 24.7 Å². The first-order valence-corrected chi connectivity index (χ1v) is 5.54. The molecule has 0 saturated heterocycles. The van der Waals surface area contributed by atoms with E-state index in [0.29, 0.717) is 0 Å². The molecule has 0 bridgehead atoms. The van der Waals surface area contributed by atoms with Crippen molar-refractivity contribution in [2.45, 2.75) is 6.18 Å². The Labute approximate surface area is 115 Å². The van der Waals surface area contributed by atoms with E-state index in [-0.39, 0.29) is 11.4 Å². The van der Waals surface area contributed by atoms with E-state index in [0.717, 1.165) is 6.07 Å². The van der Waals surface area contributed by atoms with E-state index >= 15 is 0 Å². The van der Waals surface area contributed by atoms with Gasteiger partial charge in [-0.05, 0) is 6.07 Å². The Kier molecular flexibility index (Phi) is 3.96. The van der Waals surface area contributed by atoms with E-state index in [1.165, 1.54) is 18.6 Å². The van der Waals surface area contributed by atoms with E-state index in [2.05, 4.69) is 25.3 Å². The fourth-order valence-corrected chi connectivity index (χ4v) is 1.39. The molecule has 0 aromatic carbocycles. The van der Waals surface area contributed by atoms with E-state index in [1.807, 2.05) is 0 Å². The highest BCUT2D eigenvalue weighted by Crippen LogP contribution is 2.30. The van der Waals surface area contributed by atoms with Gasteiger partial charge in [-0.2, -0.15) is 13.2 Å². The number of hydrogen-bond donors (Lipinski definition) is 2. The summed E-state index contributed by atoms with van der Waals surface area (Å²) in [7, 11) is 0. The van der Waals surface area contributed by atoms with Crippen molar-refractivity contribution in [2.24, 2.45) is 0 Å². The van der Waals surface area contributed by atoms with Gasteiger partial charge in [-0.15, -0.1) is 0 Å². The number of alkyl halides is 3. The van der Waals surface area contributed by atoms with Gasteiger partial charge in [0.05, 0.1) is 11.9 Å². The van der Waals surface area contributed by atoms with Crippen molar-refractivity contribution in [1.29, 1.82) is 0 Å². The maximum Gasteiger partial charge on any atom is 0.433 e. The van der Waals surface area contributed by atoms with Gasteiger partial charge < -0.3 is 10.4 Å². The zero-order chi connectivity index (χ0) is 15.5. The number of aliphatic carboxylic acids is 1. The van der Waals surface area contributed by atoms with Crippen LogP contribution in [0.3, 0.4) is 0 Å². The minimum Gasteiger partial charge on any atom is -0.480 e. The normalized spacial score (nSPS) is 11.2. The minimum absolute atomic E-state index is 0.113. The molecule has 7 nitrogen and oxygen atoms in total. The number of nitrogens with zero attached hydrogens (tertiary/aromatic N) is 4. The van der Waals surface area contributed by atoms with E-state index < -0.39 is 30.3 Å². The summed E-state index contributed by atoms with van der Waals surface area (Å²) in [5.74, 6) is -1.70. The van der Waals surface area contributed by atoms with Crippen molar-refractivity contribution in [3.8, 4) is 11.4 Å². The summed E-state index contributed by atoms with van der Waals surface area (Å²) in [6, 6.07) is 0.718. The second kappa shape index (κ2) is 5.69. The molecular weight excluding hydrogens is 291 g/mol. The molecule has 0 fully saturated rings. The Hall–Kier alpha value is -2.78. The standard InChI is InChI=1S/C11H8F3N5O2/c12-11(13,14)8-3-6(7-4-15-1-2-16-7)18-10(19-8)17-5-9(20)21/h1-4H,5H2,(H,20,21)(H,17,18,19). The number of hydrogen-bond acceptors (Lipinski definition) is 6. The van der Waals surface area contributed by atoms with Crippen molar-refractivity contribution >= 4 is 11.9 Å². The number of carbonyl (C=O) groups is 1. The molecule has 2 aromatic rings. The molecule has 10 heteroatoms. The van der Waals surface area contributed by atoms with Crippen LogP contribution >= 0.6 is 0 Å². The summed E-state index contributed by atoms with van der Waals surface area (Å²) in [5.41, 5.74) is -1.20. The van der Waals surface area contributed by atoms with Crippen LogP contribution < -0.4 is 5.32 Å². The van der Waals surface area contributed by atoms with Gasteiger partial charge in [0.15, 0.2) is 5.69 Å². The average Bonchev–Trinajstić information content (AvgIpc) is 2.45. The summed E-state index contributed by atoms with van der Waals surface area (Å²) >= 11 is 0. The molecule has 0 radical (unpaired) electrons. The molecular formula is C11H8F3N5O2. The van der Waals surface area contributed by atoms with E-state index in [9.17, 15) is 18.0 Å². The molecule has 2 N–H and O–H groups in total. The number of halogens is 3. The van der Waals surface area contributed by atoms with Crippen LogP contribution in [0.25, 0.3) is 11.4 Å². The molecule has 110 valence electrons. The molecule has 0 aliphatic heterocycles. The summed E-state index contributed by atoms with van der Waals surface area (Å²) in [4.78, 5) is 25.1. The van der Waals surface area contributed by atoms with Gasteiger partial charge in [0.2, 0.25) is 5.95 Å². The van der Waals surface area contributed by atoms with Crippen molar-refractivity contribution in [3.05, 3.63) is 30.4 Å². The zero-order valence-corrected chi connectivity index (χ0v) is 10.3. The molecule has 0 aliphatic rings. The number of carboxylic acids is 1. The second-order valence-electron chi connectivity index (χ2n) is 3.80. The number of carboxylic acid groups (broad SMARTS) is 1. The third kappa shape index (κ3) is 3.84. The number of nitrogens with one attached hydrogen (secondary N) is 1. The summed E-state index contributed by atoms with van der Waals surface area (Å²) in [5, 5.41) is 10.7. The number of anilines is 1. The van der Waals surface area contributed by atoms with Crippen molar-refractivity contribution < 1.29 is 23.1 Å². The van der Waals surface area contributed by atoms with Gasteiger partial charge in [-0.3, -0.25) is 14.8 Å². The predicted molar refractivity (Wildman–Crippen MR) is 64.2 cm³/mol. The van der Waals surface area contributed by atoms with E-state index in [4.69, 9.17) is 5.11 Å². The highest BCUT2D eigenvalue weighted by Gasteiger charge is 2.34. The lowest BCUT2D eigenvalue weighted by molar-refractivity contribution is -0.141. The Bertz CT molecular complexity index is 648. The lowest BCUT2D eigenvalue weighted by Gasteiger charge is -2.10. The Morgan fingerprint density at radius 1 is 1.24 bits per heavy atom. The third-order valence-electron chi connectivity index (χ3n) is 2.24. The quantitative estimate of drug-likeness (QED) is 0.881. The third-order valence-corrected chi connectivity index (χ3v) is 2.24. The molecule has 2 aromatic heterocycles. The van der Waals surface area contributed by atoms with Crippen molar-refractivity contribution in [3.63, 3.8) is 0 Å². The monoisotopic (exact) mass is 299 g/mol. The largest absolute Gasteiger partial charge is 0.480 e. The maximum absolute atomic E-state index is 12.8. The van der Waals surface area contributed by atoms with Crippen LogP contribution in [-0.4, -0.2) is 37.6 Å². The molecule has 2 rings (SSSR count). The van der Waals surface area contributed by atoms with Crippen LogP contribution in [0.1, 0.15) is 5.69 Å². The van der Waals surface area contributed by atoms with Crippen LogP contribution in [0, 0.1) is 0 Å². The van der Waals surface area contributed by atoms with Gasteiger partial charge in [-0.25, -0.2) is 9.97 Å². The molecule has 0 unspecified atom stereocenters. The molecule has 2 heterocycles. The van der Waals surface area contributed by atoms with Gasteiger partial charge in [0, 0.05) is 12.4 Å². The Morgan fingerprint density at radius 2 is 2.00 bits per heavy atom. The summed E-state index contributed by atoms with van der Waals surface area (Å²) in [6.07, 6.45) is -0.795. The van der Waals surface area contributed by atoms with Crippen molar-refractivity contribution in [1.82, 2.24) is 19.9 Å². The van der Waals surface area contributed by atoms with Crippen LogP contribution in [0.2, 0.25) is 0 Å². The average molecular weight is 299 g/mol. The molecule has 0 spiro atoms. The highest BCUT2D eigenvalue weighted by atomic mass is 19.4. The first-order valence-electron chi connectivity index (χ1n) is 5.54. The van der Waals surface area contributed by atoms with Gasteiger partial charge in [-0.1, -0.05) is 0 Å². The fourth-order valence-electron chi connectivity index (χ4n) is 1.39. The van der Waals surface area contributed by atoms with Crippen LogP contribution in [0.5, 0.6) is 0 Å². The predicted octanol–water partition coefficient (Wildman–Crippen LogP) is 1.45. The number of aromatic nitrogens is 4. The first-order chi connectivity index (χ1) is 9.86. The smallest absolute Gasteiger partial charge is 0.433 e. The summed E-state index contributed by atoms with van der Waals surface area (Å²) < 4.78 is 38.4. The van der Waals surface area contributed by atoms with E-state index in [1.54, 1.807) is 0 Å². The maximum atomic E-state index is 12.8. The van der Waals surface area contributed by atoms with Crippen molar-refractivity contribution in [2.75, 3.05) is 11.9 Å². The van der Waals surface area contributed by atoms with Gasteiger partial charge >= 0.3 is 12.1 Å². The Morgan fingerprint density at radius 3 is 2.57 bits per heavy atom. The second-order valence-corrected chi connectivity index (χ2v) is 3.80. The van der Waals surface area contributed by atoms with Crippen LogP contribution in [0.4, 0.5) is 19.1 Å². The Balaban J connectivity index is 2.45. The molecule has 0 amide bonds.